The molecule has 1 aromatic carbocycles. The number of imidazole rings is 1. The number of carbonyl (C=O) groups excluding carboxylic acids is 2. The molecule has 1 aliphatic rings. The molecule has 10 nitrogen and oxygen atoms in total. The lowest BCUT2D eigenvalue weighted by atomic mass is 10.0. The number of halogens is 3. The van der Waals surface area contributed by atoms with Crippen LogP contribution in [0.4, 0.5) is 18.0 Å². The van der Waals surface area contributed by atoms with Crippen LogP contribution < -0.4 is 10.5 Å². The number of thiophene rings is 1. The summed E-state index contributed by atoms with van der Waals surface area (Å²) in [5, 5.41) is 4.56. The Bertz CT molecular complexity index is 1960. The molecule has 2 unspecified atom stereocenters. The minimum atomic E-state index is -4.56. The number of primary amides is 1. The predicted octanol–water partition coefficient (Wildman–Crippen LogP) is 7.37. The van der Waals surface area contributed by atoms with E-state index < -0.39 is 29.4 Å². The van der Waals surface area contributed by atoms with E-state index in [4.69, 9.17) is 15.2 Å². The molecular weight excluding hydrogens is 633 g/mol. The van der Waals surface area contributed by atoms with Crippen LogP contribution in [-0.2, 0) is 10.9 Å². The normalized spacial score (nSPS) is 16.1. The van der Waals surface area contributed by atoms with Gasteiger partial charge in [-0.15, -0.1) is 11.3 Å². The second kappa shape index (κ2) is 12.1. The highest BCUT2D eigenvalue weighted by Gasteiger charge is 2.35. The fourth-order valence-corrected chi connectivity index (χ4v) is 6.55. The van der Waals surface area contributed by atoms with Gasteiger partial charge in [0.1, 0.15) is 28.0 Å². The zero-order valence-corrected chi connectivity index (χ0v) is 26.9. The average molecular weight is 667 g/mol. The van der Waals surface area contributed by atoms with Gasteiger partial charge in [-0.3, -0.25) is 13.9 Å². The number of rotatable bonds is 7. The van der Waals surface area contributed by atoms with E-state index >= 15 is 0 Å². The Morgan fingerprint density at radius 3 is 2.57 bits per heavy atom. The lowest BCUT2D eigenvalue weighted by Gasteiger charge is -2.24. The topological polar surface area (TPSA) is 117 Å². The maximum Gasteiger partial charge on any atom is 0.416 e. The van der Waals surface area contributed by atoms with Crippen LogP contribution in [0.2, 0.25) is 0 Å². The van der Waals surface area contributed by atoms with Crippen molar-refractivity contribution < 1.29 is 32.2 Å². The number of ether oxygens (including phenoxy) is 2. The number of nitrogens with two attached hydrogens (primary N) is 1. The summed E-state index contributed by atoms with van der Waals surface area (Å²) in [5.41, 5.74) is 7.26. The lowest BCUT2D eigenvalue weighted by Crippen LogP contribution is -2.35. The summed E-state index contributed by atoms with van der Waals surface area (Å²) in [6.45, 7) is 8.11. The second-order valence-corrected chi connectivity index (χ2v) is 13.4. The van der Waals surface area contributed by atoms with Crippen molar-refractivity contribution in [3.05, 3.63) is 83.3 Å². The molecule has 0 spiro atoms. The fourth-order valence-electron chi connectivity index (χ4n) is 5.60. The minimum absolute atomic E-state index is 0.0254. The van der Waals surface area contributed by atoms with Crippen LogP contribution in [0.5, 0.6) is 5.75 Å². The molecule has 1 saturated heterocycles. The quantitative estimate of drug-likeness (QED) is 0.194. The molecule has 4 aromatic heterocycles. The summed E-state index contributed by atoms with van der Waals surface area (Å²) < 4.78 is 56.0. The maximum atomic E-state index is 13.6. The smallest absolute Gasteiger partial charge is 0.416 e. The largest absolute Gasteiger partial charge is 0.484 e. The van der Waals surface area contributed by atoms with Crippen LogP contribution >= 0.6 is 11.3 Å². The van der Waals surface area contributed by atoms with Crippen molar-refractivity contribution in [3.8, 4) is 27.4 Å². The van der Waals surface area contributed by atoms with E-state index in [-0.39, 0.29) is 28.3 Å². The van der Waals surface area contributed by atoms with E-state index in [1.54, 1.807) is 23.4 Å². The van der Waals surface area contributed by atoms with Crippen molar-refractivity contribution >= 4 is 29.0 Å². The van der Waals surface area contributed by atoms with Crippen molar-refractivity contribution in [1.29, 1.82) is 0 Å². The molecule has 0 saturated carbocycles. The minimum Gasteiger partial charge on any atom is -0.484 e. The van der Waals surface area contributed by atoms with Crippen molar-refractivity contribution in [2.75, 3.05) is 13.1 Å². The molecule has 246 valence electrons. The Balaban J connectivity index is 1.22. The van der Waals surface area contributed by atoms with E-state index in [0.717, 1.165) is 35.0 Å². The molecule has 2 N–H and O–H groups in total. The number of benzene rings is 1. The molecule has 47 heavy (non-hydrogen) atoms. The van der Waals surface area contributed by atoms with Gasteiger partial charge in [-0.1, -0.05) is 18.2 Å². The molecule has 14 heteroatoms. The Hall–Kier alpha value is -4.85. The molecule has 1 aliphatic heterocycles. The van der Waals surface area contributed by atoms with Crippen LogP contribution in [0, 0.1) is 0 Å². The highest BCUT2D eigenvalue weighted by atomic mass is 32.1. The number of amides is 2. The van der Waals surface area contributed by atoms with Crippen LogP contribution in [0.25, 0.3) is 27.3 Å². The van der Waals surface area contributed by atoms with Gasteiger partial charge < -0.3 is 20.1 Å². The first-order valence-electron chi connectivity index (χ1n) is 14.9. The molecule has 6 rings (SSSR count). The number of nitrogens with zero attached hydrogens (tertiary/aromatic N) is 5. The summed E-state index contributed by atoms with van der Waals surface area (Å²) in [6, 6.07) is 10.6. The van der Waals surface area contributed by atoms with E-state index in [9.17, 15) is 22.8 Å². The van der Waals surface area contributed by atoms with E-state index in [0.29, 0.717) is 29.3 Å². The number of aromatic nitrogens is 4. The number of fused-ring (bicyclic) bond motifs is 1. The average Bonchev–Trinajstić information content (AvgIpc) is 3.80. The number of alkyl halides is 3. The van der Waals surface area contributed by atoms with Gasteiger partial charge in [0, 0.05) is 42.7 Å². The zero-order chi connectivity index (χ0) is 33.7. The summed E-state index contributed by atoms with van der Waals surface area (Å²) >= 11 is 1.08. The summed E-state index contributed by atoms with van der Waals surface area (Å²) in [5.74, 6) is -0.657. The third kappa shape index (κ3) is 6.68. The summed E-state index contributed by atoms with van der Waals surface area (Å²) in [6.07, 6.45) is 2.06. The highest BCUT2D eigenvalue weighted by molar-refractivity contribution is 7.17. The summed E-state index contributed by atoms with van der Waals surface area (Å²) in [7, 11) is 0. The third-order valence-corrected chi connectivity index (χ3v) is 8.97. The fraction of sp³-hybridized carbons (Fsp3) is 0.333. The first-order valence-corrected chi connectivity index (χ1v) is 15.8. The van der Waals surface area contributed by atoms with Crippen LogP contribution in [-0.4, -0.2) is 54.8 Å². The Morgan fingerprint density at radius 2 is 1.85 bits per heavy atom. The van der Waals surface area contributed by atoms with Gasteiger partial charge >= 0.3 is 12.3 Å². The number of likely N-dealkylation sites (tertiary alicyclic amines) is 1. The number of pyridine rings is 1. The molecule has 2 atom stereocenters. The van der Waals surface area contributed by atoms with Gasteiger partial charge in [-0.05, 0) is 57.9 Å². The van der Waals surface area contributed by atoms with Crippen molar-refractivity contribution in [2.24, 2.45) is 5.73 Å². The summed E-state index contributed by atoms with van der Waals surface area (Å²) in [4.78, 5) is 31.8. The monoisotopic (exact) mass is 666 g/mol. The molecule has 5 aromatic rings. The number of carbonyl (C=O) groups is 2. The van der Waals surface area contributed by atoms with Crippen LogP contribution in [0.15, 0.2) is 67.3 Å². The first-order chi connectivity index (χ1) is 22.2. The predicted molar refractivity (Wildman–Crippen MR) is 170 cm³/mol. The molecule has 0 aliphatic carbocycles. The number of hydrogen-bond donors (Lipinski definition) is 1. The molecule has 2 amide bonds. The molecular formula is C33H33F3N6O4S. The van der Waals surface area contributed by atoms with E-state index in [1.807, 2.05) is 54.4 Å². The Morgan fingerprint density at radius 1 is 1.09 bits per heavy atom. The highest BCUT2D eigenvalue weighted by Crippen LogP contribution is 2.41. The zero-order valence-electron chi connectivity index (χ0n) is 26.1. The number of hydrogen-bond acceptors (Lipinski definition) is 7. The van der Waals surface area contributed by atoms with Gasteiger partial charge in [0.15, 0.2) is 0 Å². The molecule has 1 fully saturated rings. The third-order valence-electron chi connectivity index (χ3n) is 7.82. The lowest BCUT2D eigenvalue weighted by molar-refractivity contribution is -0.139. The van der Waals surface area contributed by atoms with Crippen molar-refractivity contribution in [1.82, 2.24) is 24.1 Å². The standard InChI is InChI=1S/C33H33F3N6O4S/c1-19(23-7-5-6-8-24(23)33(34,35)36)45-26-14-27(47-29(26)30(37)43)25-16-38-28-13-20(9-12-41(25)28)21-15-39-42(17-21)22-10-11-40(18-22)31(44)46-32(2,3)4/h5-9,12-17,19,22H,10-11,18H2,1-4H3,(H2,37,43). The van der Waals surface area contributed by atoms with Gasteiger partial charge in [0.2, 0.25) is 0 Å². The SMILES string of the molecule is CC(Oc1cc(-c2cnc3cc(-c4cnn(C5CCN(C(=O)OC(C)(C)C)C5)c4)ccn23)sc1C(N)=O)c1ccccc1C(F)(F)F. The second-order valence-electron chi connectivity index (χ2n) is 12.4. The van der Waals surface area contributed by atoms with Gasteiger partial charge in [0.25, 0.3) is 5.91 Å². The van der Waals surface area contributed by atoms with Crippen molar-refractivity contribution in [3.63, 3.8) is 0 Å². The maximum absolute atomic E-state index is 13.6. The Kier molecular flexibility index (Phi) is 8.24. The first kappa shape index (κ1) is 32.1. The molecule has 0 radical (unpaired) electrons. The van der Waals surface area contributed by atoms with E-state index in [1.165, 1.54) is 25.1 Å². The van der Waals surface area contributed by atoms with Crippen molar-refractivity contribution in [2.45, 2.75) is 58.0 Å². The Labute approximate surface area is 272 Å². The van der Waals surface area contributed by atoms with Gasteiger partial charge in [-0.25, -0.2) is 9.78 Å². The van der Waals surface area contributed by atoms with Crippen LogP contribution in [0.3, 0.4) is 0 Å². The molecule has 0 bridgehead atoms. The van der Waals surface area contributed by atoms with E-state index in [2.05, 4.69) is 10.1 Å². The molecule has 5 heterocycles. The van der Waals surface area contributed by atoms with Gasteiger partial charge in [-0.2, -0.15) is 18.3 Å². The van der Waals surface area contributed by atoms with Gasteiger partial charge in [0.05, 0.1) is 34.6 Å². The van der Waals surface area contributed by atoms with Crippen LogP contribution in [0.1, 0.15) is 67.1 Å².